The Morgan fingerprint density at radius 3 is 2.74 bits per heavy atom. The fraction of sp³-hybridized carbons (Fsp3) is 0.231. The number of halogens is 1. The minimum absolute atomic E-state index is 0.0536. The van der Waals surface area contributed by atoms with E-state index in [0.29, 0.717) is 6.61 Å². The molecule has 2 aromatic rings. The average molecular weight is 263 g/mol. The zero-order valence-electron chi connectivity index (χ0n) is 10.4. The van der Waals surface area contributed by atoms with Crippen LogP contribution in [0.3, 0.4) is 0 Å². The van der Waals surface area contributed by atoms with Crippen LogP contribution in [-0.2, 0) is 6.61 Å². The van der Waals surface area contributed by atoms with Crippen LogP contribution in [0.1, 0.15) is 11.1 Å². The van der Waals surface area contributed by atoms with Gasteiger partial charge in [0.2, 0.25) is 0 Å². The molecule has 0 spiro atoms. The van der Waals surface area contributed by atoms with E-state index in [-0.39, 0.29) is 11.8 Å². The van der Waals surface area contributed by atoms with E-state index in [0.717, 1.165) is 17.3 Å². The third kappa shape index (κ3) is 3.62. The second-order valence-corrected chi connectivity index (χ2v) is 3.96. The van der Waals surface area contributed by atoms with Crippen molar-refractivity contribution in [2.24, 2.45) is 0 Å². The lowest BCUT2D eigenvalue weighted by Gasteiger charge is -2.07. The lowest BCUT2D eigenvalue weighted by atomic mass is 10.2. The third-order valence-corrected chi connectivity index (χ3v) is 2.46. The van der Waals surface area contributed by atoms with Crippen molar-refractivity contribution in [3.63, 3.8) is 0 Å². The Kier molecular flexibility index (Phi) is 4.25. The van der Waals surface area contributed by atoms with Gasteiger partial charge >= 0.3 is 6.01 Å². The molecule has 2 N–H and O–H groups in total. The van der Waals surface area contributed by atoms with Gasteiger partial charge in [-0.15, -0.1) is 0 Å². The molecule has 0 fully saturated rings. The van der Waals surface area contributed by atoms with Gasteiger partial charge in [-0.2, -0.15) is 4.98 Å². The summed E-state index contributed by atoms with van der Waals surface area (Å²) in [6, 6.07) is 7.88. The topological polar surface area (TPSA) is 67.3 Å². The van der Waals surface area contributed by atoms with Crippen LogP contribution in [-0.4, -0.2) is 21.8 Å². The van der Waals surface area contributed by atoms with Gasteiger partial charge in [0, 0.05) is 0 Å². The van der Waals surface area contributed by atoms with Crippen LogP contribution in [0.2, 0.25) is 0 Å². The minimum Gasteiger partial charge on any atom is -0.459 e. The highest BCUT2D eigenvalue weighted by Crippen LogP contribution is 2.14. The van der Waals surface area contributed by atoms with Gasteiger partial charge in [-0.3, -0.25) is 0 Å². The van der Waals surface area contributed by atoms with Gasteiger partial charge in [0.15, 0.2) is 11.6 Å². The molecule has 0 bridgehead atoms. The summed E-state index contributed by atoms with van der Waals surface area (Å²) in [7, 11) is 0. The molecule has 0 saturated carbocycles. The van der Waals surface area contributed by atoms with Crippen LogP contribution in [0.4, 0.5) is 10.2 Å². The van der Waals surface area contributed by atoms with Gasteiger partial charge < -0.3 is 15.2 Å². The molecule has 1 heterocycles. The molecule has 5 nitrogen and oxygen atoms in total. The van der Waals surface area contributed by atoms with Gasteiger partial charge in [0.1, 0.15) is 13.3 Å². The summed E-state index contributed by atoms with van der Waals surface area (Å²) in [5.74, 6) is -0.729. The van der Waals surface area contributed by atoms with Crippen molar-refractivity contribution in [2.45, 2.75) is 13.5 Å². The van der Waals surface area contributed by atoms with Crippen LogP contribution in [0, 0.1) is 12.7 Å². The fourth-order valence-corrected chi connectivity index (χ4v) is 1.45. The molecule has 0 radical (unpaired) electrons. The predicted molar refractivity (Wildman–Crippen MR) is 68.2 cm³/mol. The third-order valence-electron chi connectivity index (χ3n) is 2.46. The van der Waals surface area contributed by atoms with E-state index in [1.54, 1.807) is 0 Å². The number of aliphatic hydroxyl groups is 1. The number of hydrogen-bond donors (Lipinski definition) is 2. The van der Waals surface area contributed by atoms with Gasteiger partial charge in [0.05, 0.1) is 6.20 Å². The lowest BCUT2D eigenvalue weighted by Crippen LogP contribution is -2.07. The molecule has 2 rings (SSSR count). The molecule has 100 valence electrons. The quantitative estimate of drug-likeness (QED) is 0.806. The first-order valence-electron chi connectivity index (χ1n) is 5.74. The minimum atomic E-state index is -0.642. The number of nitrogens with one attached hydrogen (secondary N) is 1. The number of aliphatic hydroxyl groups excluding tert-OH is 1. The highest BCUT2D eigenvalue weighted by molar-refractivity contribution is 5.35. The molecule has 1 aromatic carbocycles. The molecule has 0 aliphatic carbocycles. The second-order valence-electron chi connectivity index (χ2n) is 3.96. The lowest BCUT2D eigenvalue weighted by molar-refractivity contribution is 0.279. The fourth-order valence-electron chi connectivity index (χ4n) is 1.45. The molecule has 0 amide bonds. The van der Waals surface area contributed by atoms with Gasteiger partial charge in [-0.05, 0) is 12.5 Å². The van der Waals surface area contributed by atoms with Crippen LogP contribution in [0.25, 0.3) is 0 Å². The molecule has 1 aromatic heterocycles. The van der Waals surface area contributed by atoms with Gasteiger partial charge in [-0.25, -0.2) is 9.37 Å². The van der Waals surface area contributed by atoms with E-state index >= 15 is 0 Å². The summed E-state index contributed by atoms with van der Waals surface area (Å²) in [5.41, 5.74) is 2.13. The number of aryl methyl sites for hydroxylation is 1. The van der Waals surface area contributed by atoms with E-state index in [9.17, 15) is 4.39 Å². The maximum absolute atomic E-state index is 13.2. The Balaban J connectivity index is 2.03. The van der Waals surface area contributed by atoms with Crippen molar-refractivity contribution in [2.75, 3.05) is 12.0 Å². The van der Waals surface area contributed by atoms with Gasteiger partial charge in [-0.1, -0.05) is 29.8 Å². The summed E-state index contributed by atoms with van der Waals surface area (Å²) in [6.07, 6.45) is 0.996. The molecule has 19 heavy (non-hydrogen) atoms. The Morgan fingerprint density at radius 2 is 2.05 bits per heavy atom. The van der Waals surface area contributed by atoms with Crippen LogP contribution in [0.15, 0.2) is 30.5 Å². The highest BCUT2D eigenvalue weighted by Gasteiger charge is 2.07. The van der Waals surface area contributed by atoms with Crippen LogP contribution < -0.4 is 10.1 Å². The molecule has 0 aliphatic rings. The first-order valence-corrected chi connectivity index (χ1v) is 5.74. The van der Waals surface area contributed by atoms with Crippen LogP contribution >= 0.6 is 0 Å². The van der Waals surface area contributed by atoms with Crippen molar-refractivity contribution < 1.29 is 14.2 Å². The maximum atomic E-state index is 13.2. The smallest absolute Gasteiger partial charge is 0.318 e. The number of hydrogen-bond acceptors (Lipinski definition) is 5. The van der Waals surface area contributed by atoms with E-state index < -0.39 is 12.5 Å². The van der Waals surface area contributed by atoms with E-state index in [2.05, 4.69) is 15.3 Å². The van der Waals surface area contributed by atoms with Gasteiger partial charge in [0.25, 0.3) is 0 Å². The number of aromatic nitrogens is 2. The standard InChI is InChI=1S/C13H14FN3O2/c1-9-2-4-10(5-3-9)7-19-13-15-6-11(14)12(17-13)16-8-18/h2-6,18H,7-8H2,1H3,(H,15,16,17). The summed E-state index contributed by atoms with van der Waals surface area (Å²) < 4.78 is 18.6. The van der Waals surface area contributed by atoms with Crippen molar-refractivity contribution in [1.82, 2.24) is 9.97 Å². The molecule has 0 unspecified atom stereocenters. The second kappa shape index (κ2) is 6.10. The summed E-state index contributed by atoms with van der Waals surface area (Å²) in [6.45, 7) is 1.89. The number of anilines is 1. The zero-order chi connectivity index (χ0) is 13.7. The Morgan fingerprint density at radius 1 is 1.32 bits per heavy atom. The van der Waals surface area contributed by atoms with E-state index in [1.165, 1.54) is 0 Å². The van der Waals surface area contributed by atoms with E-state index in [1.807, 2.05) is 31.2 Å². The highest BCUT2D eigenvalue weighted by atomic mass is 19.1. The molecular formula is C13H14FN3O2. The first-order chi connectivity index (χ1) is 9.19. The van der Waals surface area contributed by atoms with Crippen molar-refractivity contribution in [3.05, 3.63) is 47.4 Å². The molecule has 0 aliphatic heterocycles. The van der Waals surface area contributed by atoms with E-state index in [4.69, 9.17) is 9.84 Å². The predicted octanol–water partition coefficient (Wildman–Crippen LogP) is 1.86. The summed E-state index contributed by atoms with van der Waals surface area (Å²) in [4.78, 5) is 7.54. The SMILES string of the molecule is Cc1ccc(COc2ncc(F)c(NCO)n2)cc1. The Labute approximate surface area is 110 Å². The Hall–Kier alpha value is -2.21. The van der Waals surface area contributed by atoms with Crippen molar-refractivity contribution in [1.29, 1.82) is 0 Å². The molecule has 0 saturated heterocycles. The molecule has 6 heteroatoms. The largest absolute Gasteiger partial charge is 0.459 e. The summed E-state index contributed by atoms with van der Waals surface area (Å²) >= 11 is 0. The monoisotopic (exact) mass is 263 g/mol. The number of nitrogens with zero attached hydrogens (tertiary/aromatic N) is 2. The van der Waals surface area contributed by atoms with Crippen molar-refractivity contribution in [3.8, 4) is 6.01 Å². The number of benzene rings is 1. The van der Waals surface area contributed by atoms with Crippen LogP contribution in [0.5, 0.6) is 6.01 Å². The normalized spacial score (nSPS) is 10.3. The molecule has 0 atom stereocenters. The maximum Gasteiger partial charge on any atom is 0.318 e. The molecular weight excluding hydrogens is 249 g/mol. The van der Waals surface area contributed by atoms with Crippen molar-refractivity contribution >= 4 is 5.82 Å². The number of ether oxygens (including phenoxy) is 1. The first kappa shape index (κ1) is 13.2. The number of rotatable bonds is 5. The Bertz CT molecular complexity index is 546. The zero-order valence-corrected chi connectivity index (χ0v) is 10.4. The average Bonchev–Trinajstić information content (AvgIpc) is 2.42. The summed E-state index contributed by atoms with van der Waals surface area (Å²) in [5, 5.41) is 11.1.